The van der Waals surface area contributed by atoms with Gasteiger partial charge in [0.1, 0.15) is 4.88 Å². The number of hydrogen-bond donors (Lipinski definition) is 0. The molecule has 148 valence electrons. The molecule has 2 aliphatic rings. The second-order valence-corrected chi connectivity index (χ2v) is 10.5. The van der Waals surface area contributed by atoms with E-state index in [9.17, 15) is 4.79 Å². The van der Waals surface area contributed by atoms with Crippen LogP contribution in [0, 0.1) is 18.8 Å². The van der Waals surface area contributed by atoms with Gasteiger partial charge in [0.2, 0.25) is 0 Å². The van der Waals surface area contributed by atoms with E-state index in [0.29, 0.717) is 10.8 Å². The summed E-state index contributed by atoms with van der Waals surface area (Å²) in [6.07, 6.45) is 4.32. The van der Waals surface area contributed by atoms with Crippen LogP contribution in [0.4, 0.5) is 0 Å². The molecule has 0 radical (unpaired) electrons. The second kappa shape index (κ2) is 7.63. The number of carbonyl (C=O) groups excluding carboxylic acids is 1. The molecule has 0 N–H and O–H groups in total. The van der Waals surface area contributed by atoms with Crippen molar-refractivity contribution in [2.45, 2.75) is 32.7 Å². The zero-order valence-corrected chi connectivity index (χ0v) is 18.7. The van der Waals surface area contributed by atoms with Crippen LogP contribution in [0.3, 0.4) is 0 Å². The summed E-state index contributed by atoms with van der Waals surface area (Å²) >= 11 is 4.85. The molecular formula is C22H21N3OS3. The maximum absolute atomic E-state index is 13.5. The minimum atomic E-state index is -0.0339. The van der Waals surface area contributed by atoms with E-state index < -0.39 is 0 Å². The summed E-state index contributed by atoms with van der Waals surface area (Å²) in [6.45, 7) is 4.20. The van der Waals surface area contributed by atoms with E-state index in [0.717, 1.165) is 24.2 Å². The molecule has 0 spiro atoms. The van der Waals surface area contributed by atoms with Crippen molar-refractivity contribution in [1.29, 1.82) is 0 Å². The second-order valence-electron chi connectivity index (χ2n) is 7.70. The predicted octanol–water partition coefficient (Wildman–Crippen LogP) is 6.26. The first-order chi connectivity index (χ1) is 14.1. The Morgan fingerprint density at radius 2 is 2.03 bits per heavy atom. The van der Waals surface area contributed by atoms with Gasteiger partial charge in [0.05, 0.1) is 23.0 Å². The molecule has 29 heavy (non-hydrogen) atoms. The Labute approximate surface area is 182 Å². The van der Waals surface area contributed by atoms with E-state index in [1.54, 1.807) is 33.2 Å². The van der Waals surface area contributed by atoms with Gasteiger partial charge in [-0.05, 0) is 60.2 Å². The lowest BCUT2D eigenvalue weighted by atomic mass is 9.74. The molecule has 7 heteroatoms. The Balaban J connectivity index is 1.60. The molecule has 1 saturated carbocycles. The van der Waals surface area contributed by atoms with Crippen LogP contribution in [-0.4, -0.2) is 21.6 Å². The van der Waals surface area contributed by atoms with Crippen LogP contribution in [0.2, 0.25) is 0 Å². The van der Waals surface area contributed by atoms with Crippen molar-refractivity contribution in [3.05, 3.63) is 66.4 Å². The van der Waals surface area contributed by atoms with Gasteiger partial charge in [-0.15, -0.1) is 34.0 Å². The molecule has 5 rings (SSSR count). The summed E-state index contributed by atoms with van der Waals surface area (Å²) in [5, 5.41) is 10.9. The number of aryl methyl sites for hydroxylation is 1. The van der Waals surface area contributed by atoms with E-state index in [2.05, 4.69) is 53.0 Å². The Hall–Kier alpha value is -2.09. The fraction of sp³-hybridized carbons (Fsp3) is 0.318. The quantitative estimate of drug-likeness (QED) is 0.484. The number of nitrogens with zero attached hydrogens (tertiary/aromatic N) is 3. The average Bonchev–Trinajstić information content (AvgIpc) is 3.48. The first kappa shape index (κ1) is 18.9. The highest BCUT2D eigenvalue weighted by molar-refractivity contribution is 7.12. The van der Waals surface area contributed by atoms with E-state index in [-0.39, 0.29) is 17.9 Å². The maximum Gasteiger partial charge on any atom is 0.286 e. The number of hydrazone groups is 1. The number of hydrogen-bond acceptors (Lipinski definition) is 6. The number of allylic oxidation sites excluding steroid dienone is 1. The number of thiazole rings is 1. The Kier molecular flexibility index (Phi) is 4.97. The van der Waals surface area contributed by atoms with Crippen molar-refractivity contribution < 1.29 is 4.79 Å². The van der Waals surface area contributed by atoms with Crippen LogP contribution in [0.15, 0.2) is 51.2 Å². The molecule has 1 fully saturated rings. The van der Waals surface area contributed by atoms with Gasteiger partial charge in [0.25, 0.3) is 5.91 Å². The van der Waals surface area contributed by atoms with Crippen molar-refractivity contribution in [3.8, 4) is 0 Å². The van der Waals surface area contributed by atoms with Crippen molar-refractivity contribution in [2.24, 2.45) is 16.9 Å². The smallest absolute Gasteiger partial charge is 0.266 e. The van der Waals surface area contributed by atoms with Crippen molar-refractivity contribution in [1.82, 2.24) is 9.99 Å². The minimum absolute atomic E-state index is 0.0338. The first-order valence-corrected chi connectivity index (χ1v) is 12.4. The molecule has 0 saturated heterocycles. The topological polar surface area (TPSA) is 45.6 Å². The Bertz CT molecular complexity index is 1080. The first-order valence-electron chi connectivity index (χ1n) is 9.72. The van der Waals surface area contributed by atoms with Crippen LogP contribution >= 0.6 is 34.0 Å². The molecule has 1 amide bonds. The minimum Gasteiger partial charge on any atom is -0.266 e. The third-order valence-corrected chi connectivity index (χ3v) is 8.29. The molecule has 1 aliphatic carbocycles. The number of rotatable bonds is 3. The molecule has 0 aromatic carbocycles. The van der Waals surface area contributed by atoms with Crippen molar-refractivity contribution >= 4 is 51.7 Å². The molecule has 3 atom stereocenters. The molecule has 4 nitrogen and oxygen atoms in total. The lowest BCUT2D eigenvalue weighted by Gasteiger charge is -2.31. The maximum atomic E-state index is 13.5. The summed E-state index contributed by atoms with van der Waals surface area (Å²) in [5.74, 6) is 0.766. The van der Waals surface area contributed by atoms with Gasteiger partial charge < -0.3 is 0 Å². The standard InChI is InChI=1S/C22H21N3OS3/c1-13-9-15(11-16-5-3-7-27-16)19-17(10-13)20(18-6-4-8-28-18)25(24-19)22(26)21-14(2)23-12-29-21/h3-8,11-13,17,20H,9-10H2,1-2H3/b15-11+/t13-,17+,20-/m0/s1. The van der Waals surface area contributed by atoms with Gasteiger partial charge in [-0.2, -0.15) is 5.10 Å². The van der Waals surface area contributed by atoms with E-state index in [1.807, 2.05) is 6.92 Å². The molecule has 3 aromatic rings. The van der Waals surface area contributed by atoms with Gasteiger partial charge >= 0.3 is 0 Å². The molecule has 0 bridgehead atoms. The summed E-state index contributed by atoms with van der Waals surface area (Å²) in [4.78, 5) is 20.9. The summed E-state index contributed by atoms with van der Waals surface area (Å²) in [7, 11) is 0. The van der Waals surface area contributed by atoms with Crippen LogP contribution in [-0.2, 0) is 0 Å². The van der Waals surface area contributed by atoms with E-state index in [1.165, 1.54) is 26.7 Å². The zero-order valence-electron chi connectivity index (χ0n) is 16.2. The zero-order chi connectivity index (χ0) is 20.0. The highest BCUT2D eigenvalue weighted by Crippen LogP contribution is 2.47. The van der Waals surface area contributed by atoms with Crippen molar-refractivity contribution in [2.75, 3.05) is 0 Å². The summed E-state index contributed by atoms with van der Waals surface area (Å²) in [5.41, 5.74) is 4.88. The largest absolute Gasteiger partial charge is 0.286 e. The third-order valence-electron chi connectivity index (χ3n) is 5.61. The molecule has 1 aliphatic heterocycles. The number of fused-ring (bicyclic) bond motifs is 1. The van der Waals surface area contributed by atoms with Crippen LogP contribution in [0.25, 0.3) is 6.08 Å². The van der Waals surface area contributed by atoms with Crippen molar-refractivity contribution in [3.63, 3.8) is 0 Å². The summed E-state index contributed by atoms with van der Waals surface area (Å²) in [6, 6.07) is 8.38. The lowest BCUT2D eigenvalue weighted by molar-refractivity contribution is 0.0684. The fourth-order valence-corrected chi connectivity index (χ4v) is 6.64. The summed E-state index contributed by atoms with van der Waals surface area (Å²) < 4.78 is 0. The van der Waals surface area contributed by atoms with E-state index >= 15 is 0 Å². The van der Waals surface area contributed by atoms with Crippen LogP contribution in [0.1, 0.15) is 50.9 Å². The SMILES string of the molecule is Cc1ncsc1C(=O)N1N=C2/C(=C/c3cccs3)C[C@H](C)C[C@H]2[C@H]1c1cccs1. The number of amides is 1. The van der Waals surface area contributed by atoms with Gasteiger partial charge in [0.15, 0.2) is 0 Å². The monoisotopic (exact) mass is 439 g/mol. The number of aromatic nitrogens is 1. The molecule has 0 unspecified atom stereocenters. The fourth-order valence-electron chi connectivity index (χ4n) is 4.35. The van der Waals surface area contributed by atoms with Gasteiger partial charge in [0, 0.05) is 15.7 Å². The Morgan fingerprint density at radius 3 is 2.72 bits per heavy atom. The van der Waals surface area contributed by atoms with Gasteiger partial charge in [-0.25, -0.2) is 9.99 Å². The normalized spacial score (nSPS) is 25.3. The highest BCUT2D eigenvalue weighted by atomic mass is 32.1. The van der Waals surface area contributed by atoms with Gasteiger partial charge in [-0.1, -0.05) is 19.1 Å². The van der Waals surface area contributed by atoms with Crippen LogP contribution < -0.4 is 0 Å². The van der Waals surface area contributed by atoms with Crippen LogP contribution in [0.5, 0.6) is 0 Å². The average molecular weight is 440 g/mol. The van der Waals surface area contributed by atoms with E-state index in [4.69, 9.17) is 5.10 Å². The third kappa shape index (κ3) is 3.41. The molecule has 3 aromatic heterocycles. The number of thiophene rings is 2. The lowest BCUT2D eigenvalue weighted by Crippen LogP contribution is -2.32. The Morgan fingerprint density at radius 1 is 1.21 bits per heavy atom. The predicted molar refractivity (Wildman–Crippen MR) is 122 cm³/mol. The van der Waals surface area contributed by atoms with Gasteiger partial charge in [-0.3, -0.25) is 4.79 Å². The molecule has 4 heterocycles. The highest BCUT2D eigenvalue weighted by Gasteiger charge is 2.46. The number of carbonyl (C=O) groups is 1. The molecular weight excluding hydrogens is 418 g/mol.